The number of amides is 1. The average molecular weight is 404 g/mol. The molecule has 1 heterocycles. The zero-order valence-corrected chi connectivity index (χ0v) is 16.7. The van der Waals surface area contributed by atoms with Crippen LogP contribution in [0.2, 0.25) is 10.0 Å². The molecule has 0 aliphatic carbocycles. The number of hydrogen-bond donors (Lipinski definition) is 1. The molecule has 0 unspecified atom stereocenters. The van der Waals surface area contributed by atoms with Crippen LogP contribution in [-0.4, -0.2) is 22.8 Å². The molecule has 0 aliphatic heterocycles. The second kappa shape index (κ2) is 8.03. The van der Waals surface area contributed by atoms with Gasteiger partial charge >= 0.3 is 0 Å². The Morgan fingerprint density at radius 3 is 2.59 bits per heavy atom. The van der Waals surface area contributed by atoms with Gasteiger partial charge in [-0.2, -0.15) is 5.10 Å². The summed E-state index contributed by atoms with van der Waals surface area (Å²) in [5, 5.41) is 8.61. The van der Waals surface area contributed by atoms with Crippen molar-refractivity contribution in [2.24, 2.45) is 0 Å². The summed E-state index contributed by atoms with van der Waals surface area (Å²) < 4.78 is 7.10. The minimum atomic E-state index is -0.303. The van der Waals surface area contributed by atoms with E-state index in [2.05, 4.69) is 10.4 Å². The lowest BCUT2D eigenvalue weighted by molar-refractivity contribution is 0.102. The number of aromatic nitrogens is 2. The van der Waals surface area contributed by atoms with Crippen LogP contribution in [0.1, 0.15) is 27.3 Å². The molecule has 0 atom stereocenters. The van der Waals surface area contributed by atoms with Crippen molar-refractivity contribution in [2.75, 3.05) is 12.4 Å². The fraction of sp³-hybridized carbons (Fsp3) is 0.200. The average Bonchev–Trinajstić information content (AvgIpc) is 2.89. The lowest BCUT2D eigenvalue weighted by atomic mass is 10.1. The summed E-state index contributed by atoms with van der Waals surface area (Å²) in [7, 11) is 1.51. The van der Waals surface area contributed by atoms with Gasteiger partial charge < -0.3 is 10.1 Å². The number of rotatable bonds is 5. The summed E-state index contributed by atoms with van der Waals surface area (Å²) in [6.07, 6.45) is 0. The van der Waals surface area contributed by atoms with Crippen molar-refractivity contribution in [1.29, 1.82) is 0 Å². The fourth-order valence-corrected chi connectivity index (χ4v) is 3.26. The van der Waals surface area contributed by atoms with Gasteiger partial charge in [0.05, 0.1) is 36.3 Å². The van der Waals surface area contributed by atoms with Crippen LogP contribution in [0.25, 0.3) is 0 Å². The van der Waals surface area contributed by atoms with Crippen LogP contribution >= 0.6 is 23.2 Å². The van der Waals surface area contributed by atoms with Crippen molar-refractivity contribution in [3.63, 3.8) is 0 Å². The van der Waals surface area contributed by atoms with Gasteiger partial charge in [0.1, 0.15) is 5.75 Å². The van der Waals surface area contributed by atoms with E-state index in [-0.39, 0.29) is 5.91 Å². The molecule has 7 heteroatoms. The van der Waals surface area contributed by atoms with E-state index in [0.717, 1.165) is 17.0 Å². The third-order valence-corrected chi connectivity index (χ3v) is 4.72. The molecule has 0 saturated heterocycles. The normalized spacial score (nSPS) is 10.7. The van der Waals surface area contributed by atoms with Crippen LogP contribution in [0.4, 0.5) is 5.69 Å². The molecule has 0 radical (unpaired) electrons. The van der Waals surface area contributed by atoms with E-state index in [1.54, 1.807) is 18.2 Å². The first-order valence-corrected chi connectivity index (χ1v) is 9.08. The van der Waals surface area contributed by atoms with Gasteiger partial charge in [-0.1, -0.05) is 35.3 Å². The molecule has 0 aliphatic rings. The molecule has 1 amide bonds. The first-order valence-electron chi connectivity index (χ1n) is 8.32. The SMILES string of the molecule is COc1ccc(Cl)cc1C(=O)Nc1c(C)nn(Cc2cccc(Cl)c2)c1C. The number of halogens is 2. The molecule has 0 bridgehead atoms. The van der Waals surface area contributed by atoms with E-state index >= 15 is 0 Å². The molecule has 3 aromatic rings. The summed E-state index contributed by atoms with van der Waals surface area (Å²) in [5.41, 5.74) is 3.64. The Balaban J connectivity index is 1.87. The maximum atomic E-state index is 12.8. The van der Waals surface area contributed by atoms with Crippen LogP contribution < -0.4 is 10.1 Å². The largest absolute Gasteiger partial charge is 0.496 e. The van der Waals surface area contributed by atoms with E-state index < -0.39 is 0 Å². The molecule has 140 valence electrons. The highest BCUT2D eigenvalue weighted by molar-refractivity contribution is 6.31. The standard InChI is InChI=1S/C20H19Cl2N3O2/c1-12-19(23-20(26)17-10-16(22)7-8-18(17)27-3)13(2)25(24-12)11-14-5-4-6-15(21)9-14/h4-10H,11H2,1-3H3,(H,23,26). The number of anilines is 1. The van der Waals surface area contributed by atoms with Gasteiger partial charge in [-0.25, -0.2) is 0 Å². The van der Waals surface area contributed by atoms with Gasteiger partial charge in [-0.15, -0.1) is 0 Å². The molecule has 1 aromatic heterocycles. The number of nitrogens with one attached hydrogen (secondary N) is 1. The van der Waals surface area contributed by atoms with E-state index in [4.69, 9.17) is 27.9 Å². The number of hydrogen-bond acceptors (Lipinski definition) is 3. The molecular weight excluding hydrogens is 385 g/mol. The Morgan fingerprint density at radius 2 is 1.89 bits per heavy atom. The molecule has 5 nitrogen and oxygen atoms in total. The molecule has 0 fully saturated rings. The quantitative estimate of drug-likeness (QED) is 0.643. The van der Waals surface area contributed by atoms with Crippen LogP contribution in [0, 0.1) is 13.8 Å². The zero-order valence-electron chi connectivity index (χ0n) is 15.2. The van der Waals surface area contributed by atoms with Crippen LogP contribution in [0.3, 0.4) is 0 Å². The highest BCUT2D eigenvalue weighted by Crippen LogP contribution is 2.26. The van der Waals surface area contributed by atoms with E-state index in [1.807, 2.05) is 42.8 Å². The topological polar surface area (TPSA) is 56.1 Å². The Bertz CT molecular complexity index is 999. The predicted octanol–water partition coefficient (Wildman–Crippen LogP) is 5.12. The Hall–Kier alpha value is -2.50. The highest BCUT2D eigenvalue weighted by Gasteiger charge is 2.18. The third kappa shape index (κ3) is 4.26. The number of ether oxygens (including phenoxy) is 1. The number of benzene rings is 2. The Kier molecular flexibility index (Phi) is 5.73. The summed E-state index contributed by atoms with van der Waals surface area (Å²) in [6, 6.07) is 12.5. The van der Waals surface area contributed by atoms with Gasteiger partial charge in [-0.05, 0) is 49.7 Å². The molecule has 0 saturated carbocycles. The minimum Gasteiger partial charge on any atom is -0.496 e. The summed E-state index contributed by atoms with van der Waals surface area (Å²) in [4.78, 5) is 12.8. The van der Waals surface area contributed by atoms with Crippen molar-refractivity contribution in [3.05, 3.63) is 75.0 Å². The van der Waals surface area contributed by atoms with E-state index in [0.29, 0.717) is 33.6 Å². The van der Waals surface area contributed by atoms with Crippen molar-refractivity contribution in [2.45, 2.75) is 20.4 Å². The molecule has 27 heavy (non-hydrogen) atoms. The van der Waals surface area contributed by atoms with Crippen LogP contribution in [0.15, 0.2) is 42.5 Å². The third-order valence-electron chi connectivity index (χ3n) is 4.25. The molecule has 1 N–H and O–H groups in total. The molecule has 0 spiro atoms. The number of nitrogens with zero attached hydrogens (tertiary/aromatic N) is 2. The minimum absolute atomic E-state index is 0.303. The zero-order chi connectivity index (χ0) is 19.6. The summed E-state index contributed by atoms with van der Waals surface area (Å²) in [6.45, 7) is 4.32. The lowest BCUT2D eigenvalue weighted by Gasteiger charge is -2.10. The number of carbonyl (C=O) groups is 1. The van der Waals surface area contributed by atoms with E-state index in [1.165, 1.54) is 7.11 Å². The van der Waals surface area contributed by atoms with Gasteiger partial charge in [0.2, 0.25) is 0 Å². The van der Waals surface area contributed by atoms with Gasteiger partial charge in [0.15, 0.2) is 0 Å². The molecular formula is C20H19Cl2N3O2. The monoisotopic (exact) mass is 403 g/mol. The maximum Gasteiger partial charge on any atom is 0.259 e. The van der Waals surface area contributed by atoms with E-state index in [9.17, 15) is 4.79 Å². The van der Waals surface area contributed by atoms with Crippen LogP contribution in [0.5, 0.6) is 5.75 Å². The number of carbonyl (C=O) groups excluding carboxylic acids is 1. The van der Waals surface area contributed by atoms with Crippen molar-refractivity contribution in [3.8, 4) is 5.75 Å². The first kappa shape index (κ1) is 19.3. The van der Waals surface area contributed by atoms with Gasteiger partial charge in [0.25, 0.3) is 5.91 Å². The van der Waals surface area contributed by atoms with Crippen molar-refractivity contribution in [1.82, 2.24) is 9.78 Å². The first-order chi connectivity index (χ1) is 12.9. The molecule has 2 aromatic carbocycles. The predicted molar refractivity (Wildman–Crippen MR) is 108 cm³/mol. The highest BCUT2D eigenvalue weighted by atomic mass is 35.5. The fourth-order valence-electron chi connectivity index (χ4n) is 2.88. The maximum absolute atomic E-state index is 12.8. The number of aryl methyl sites for hydroxylation is 1. The van der Waals surface area contributed by atoms with Gasteiger partial charge in [-0.3, -0.25) is 9.48 Å². The number of methoxy groups -OCH3 is 1. The van der Waals surface area contributed by atoms with Crippen molar-refractivity contribution < 1.29 is 9.53 Å². The Morgan fingerprint density at radius 1 is 1.15 bits per heavy atom. The van der Waals surface area contributed by atoms with Gasteiger partial charge in [0, 0.05) is 10.0 Å². The van der Waals surface area contributed by atoms with Crippen molar-refractivity contribution >= 4 is 34.8 Å². The van der Waals surface area contributed by atoms with Crippen LogP contribution in [-0.2, 0) is 6.54 Å². The summed E-state index contributed by atoms with van der Waals surface area (Å²) in [5.74, 6) is 0.154. The smallest absolute Gasteiger partial charge is 0.259 e. The summed E-state index contributed by atoms with van der Waals surface area (Å²) >= 11 is 12.1. The molecule has 3 rings (SSSR count). The second-order valence-corrected chi connectivity index (χ2v) is 7.00. The lowest BCUT2D eigenvalue weighted by Crippen LogP contribution is -2.14. The second-order valence-electron chi connectivity index (χ2n) is 6.13. The Labute approximate surface area is 167 Å².